The first-order valence-corrected chi connectivity index (χ1v) is 11.6. The number of esters is 1. The third-order valence-electron chi connectivity index (χ3n) is 11.4. The predicted molar refractivity (Wildman–Crippen MR) is 102 cm³/mol. The number of nitriles is 1. The van der Waals surface area contributed by atoms with Gasteiger partial charge in [-0.25, -0.2) is 0 Å². The second-order valence-electron chi connectivity index (χ2n) is 11.7. The molecular weight excluding hydrogens is 382 g/mol. The lowest BCUT2D eigenvalue weighted by molar-refractivity contribution is -0.174. The Kier molecular flexibility index (Phi) is 2.80. The van der Waals surface area contributed by atoms with Crippen LogP contribution in [-0.2, 0) is 23.9 Å². The van der Waals surface area contributed by atoms with Gasteiger partial charge in [-0.1, -0.05) is 13.8 Å². The number of rotatable bonds is 0. The van der Waals surface area contributed by atoms with Crippen molar-refractivity contribution in [1.82, 2.24) is 0 Å². The highest BCUT2D eigenvalue weighted by atomic mass is 16.6. The second kappa shape index (κ2) is 4.70. The molecule has 5 aliphatic carbocycles. The Balaban J connectivity index is 1.42. The molecule has 158 valence electrons. The van der Waals surface area contributed by atoms with Gasteiger partial charge in [0.15, 0.2) is 0 Å². The zero-order chi connectivity index (χ0) is 20.9. The molecule has 0 N–H and O–H groups in total. The van der Waals surface area contributed by atoms with Crippen molar-refractivity contribution in [2.24, 2.45) is 39.9 Å². The zero-order valence-electron chi connectivity index (χ0n) is 17.5. The highest BCUT2D eigenvalue weighted by Crippen LogP contribution is 2.83. The van der Waals surface area contributed by atoms with Crippen LogP contribution in [-0.4, -0.2) is 34.8 Å². The summed E-state index contributed by atoms with van der Waals surface area (Å²) in [6.45, 7) is 4.39. The van der Waals surface area contributed by atoms with E-state index in [0.29, 0.717) is 25.7 Å². The molecule has 30 heavy (non-hydrogen) atoms. The molecule has 10 atom stereocenters. The van der Waals surface area contributed by atoms with Gasteiger partial charge in [0, 0.05) is 35.5 Å². The van der Waals surface area contributed by atoms with Crippen LogP contribution in [0.3, 0.4) is 0 Å². The van der Waals surface area contributed by atoms with Crippen LogP contribution in [0.1, 0.15) is 65.2 Å². The quantitative estimate of drug-likeness (QED) is 0.347. The Bertz CT molecular complexity index is 1000. The Labute approximate surface area is 175 Å². The summed E-state index contributed by atoms with van der Waals surface area (Å²) in [4.78, 5) is 38.7. The lowest BCUT2D eigenvalue weighted by Crippen LogP contribution is -2.66. The first kappa shape index (κ1) is 17.9. The van der Waals surface area contributed by atoms with Gasteiger partial charge in [-0.05, 0) is 44.4 Å². The summed E-state index contributed by atoms with van der Waals surface area (Å²) >= 11 is 0. The fraction of sp³-hybridized carbons (Fsp3) is 0.833. The first-order valence-electron chi connectivity index (χ1n) is 11.6. The van der Waals surface area contributed by atoms with E-state index >= 15 is 0 Å². The van der Waals surface area contributed by atoms with Crippen LogP contribution in [0.5, 0.6) is 0 Å². The second-order valence-corrected chi connectivity index (χ2v) is 11.7. The minimum atomic E-state index is -0.917. The molecule has 0 aromatic heterocycles. The molecule has 0 aromatic rings. The molecule has 0 aromatic carbocycles. The maximum absolute atomic E-state index is 13.7. The average molecular weight is 409 g/mol. The third-order valence-corrected chi connectivity index (χ3v) is 11.4. The summed E-state index contributed by atoms with van der Waals surface area (Å²) in [6, 6.07) is 2.53. The monoisotopic (exact) mass is 409 g/mol. The molecule has 0 amide bonds. The fourth-order valence-corrected chi connectivity index (χ4v) is 10.1. The molecule has 5 unspecified atom stereocenters. The Hall–Kier alpha value is -1.74. The maximum Gasteiger partial charge on any atom is 0.306 e. The smallest absolute Gasteiger partial charge is 0.306 e. The number of hydrogen-bond acceptors (Lipinski definition) is 6. The van der Waals surface area contributed by atoms with Crippen LogP contribution >= 0.6 is 0 Å². The number of Topliss-reactive ketones (excluding diaryl/α,β-unsaturated/α-hetero) is 2. The van der Waals surface area contributed by atoms with E-state index in [-0.39, 0.29) is 46.8 Å². The molecule has 2 spiro atoms. The molecule has 2 saturated heterocycles. The molecule has 2 heterocycles. The number of nitrogens with zero attached hydrogens (tertiary/aromatic N) is 1. The topological polar surface area (TPSA) is 96.8 Å². The average Bonchev–Trinajstić information content (AvgIpc) is 3.01. The molecule has 7 aliphatic rings. The lowest BCUT2D eigenvalue weighted by atomic mass is 9.39. The standard InChI is InChI=1S/C24H27NO5/c1-20-10-15-24(29-15)17(13(20)3-7-23(20)8-5-16(27)30-23)12-9-22(11-25)18(19(12)28)14(26)4-6-21(22,24)2/h12-13,15,17-18H,3-10H2,1-2H3/t12?,13?,15?,17?,18?,20-,21-,22-,23+,24+/m0/s1. The van der Waals surface area contributed by atoms with Gasteiger partial charge in [-0.15, -0.1) is 0 Å². The van der Waals surface area contributed by atoms with E-state index in [0.717, 1.165) is 25.7 Å². The minimum absolute atomic E-state index is 0.00258. The predicted octanol–water partition coefficient (Wildman–Crippen LogP) is 2.73. The number of epoxide rings is 1. The fourth-order valence-electron chi connectivity index (χ4n) is 10.1. The van der Waals surface area contributed by atoms with Crippen LogP contribution in [0.2, 0.25) is 0 Å². The minimum Gasteiger partial charge on any atom is -0.458 e. The normalized spacial score (nSPS) is 61.9. The number of carbonyl (C=O) groups excluding carboxylic acids is 3. The summed E-state index contributed by atoms with van der Waals surface area (Å²) in [7, 11) is 0. The molecule has 6 nitrogen and oxygen atoms in total. The van der Waals surface area contributed by atoms with E-state index in [1.807, 2.05) is 0 Å². The van der Waals surface area contributed by atoms with Gasteiger partial charge in [0.2, 0.25) is 0 Å². The van der Waals surface area contributed by atoms with E-state index in [2.05, 4.69) is 19.9 Å². The van der Waals surface area contributed by atoms with Crippen molar-refractivity contribution in [2.45, 2.75) is 82.5 Å². The van der Waals surface area contributed by atoms with Crippen molar-refractivity contribution in [3.8, 4) is 6.07 Å². The molecular formula is C24H27NO5. The van der Waals surface area contributed by atoms with Crippen LogP contribution < -0.4 is 0 Å². The van der Waals surface area contributed by atoms with E-state index in [1.165, 1.54) is 0 Å². The highest BCUT2D eigenvalue weighted by molar-refractivity contribution is 6.08. The molecule has 7 rings (SSSR count). The molecule has 2 bridgehead atoms. The number of hydrogen-bond donors (Lipinski definition) is 0. The van der Waals surface area contributed by atoms with Crippen LogP contribution in [0.15, 0.2) is 0 Å². The number of fused-ring (bicyclic) bond motifs is 5. The van der Waals surface area contributed by atoms with Gasteiger partial charge >= 0.3 is 5.97 Å². The summed E-state index contributed by atoms with van der Waals surface area (Å²) in [5, 5.41) is 10.4. The molecule has 5 saturated carbocycles. The van der Waals surface area contributed by atoms with E-state index in [1.54, 1.807) is 0 Å². The number of carbonyl (C=O) groups is 3. The lowest BCUT2D eigenvalue weighted by Gasteiger charge is -2.60. The Morgan fingerprint density at radius 1 is 1.07 bits per heavy atom. The van der Waals surface area contributed by atoms with Gasteiger partial charge in [-0.3, -0.25) is 14.4 Å². The van der Waals surface area contributed by atoms with Crippen molar-refractivity contribution < 1.29 is 23.9 Å². The SMILES string of the molecule is C[C@]12CCC(=O)C3C(=O)C(C[C@]31C#N)C1C3CC[C@@]4(CCC(=O)O4)[C@@]3(C)CC3O[C@]312. The first-order chi connectivity index (χ1) is 14.2. The van der Waals surface area contributed by atoms with Crippen molar-refractivity contribution >= 4 is 17.5 Å². The Morgan fingerprint density at radius 2 is 1.87 bits per heavy atom. The number of ether oxygens (including phenoxy) is 2. The van der Waals surface area contributed by atoms with Gasteiger partial charge in [0.25, 0.3) is 0 Å². The summed E-state index contributed by atoms with van der Waals surface area (Å²) < 4.78 is 12.6. The largest absolute Gasteiger partial charge is 0.458 e. The Morgan fingerprint density at radius 3 is 2.57 bits per heavy atom. The molecule has 2 aliphatic heterocycles. The summed E-state index contributed by atoms with van der Waals surface area (Å²) in [6.07, 6.45) is 5.30. The molecule has 6 heteroatoms. The van der Waals surface area contributed by atoms with E-state index in [9.17, 15) is 19.6 Å². The van der Waals surface area contributed by atoms with Gasteiger partial charge in [0.05, 0.1) is 23.5 Å². The van der Waals surface area contributed by atoms with Crippen LogP contribution in [0.4, 0.5) is 0 Å². The van der Waals surface area contributed by atoms with Crippen molar-refractivity contribution in [3.63, 3.8) is 0 Å². The van der Waals surface area contributed by atoms with Gasteiger partial charge in [-0.2, -0.15) is 5.26 Å². The van der Waals surface area contributed by atoms with E-state index < -0.39 is 27.9 Å². The highest BCUT2D eigenvalue weighted by Gasteiger charge is 2.90. The molecule has 0 radical (unpaired) electrons. The van der Waals surface area contributed by atoms with Crippen LogP contribution in [0, 0.1) is 51.2 Å². The number of ketones is 2. The zero-order valence-corrected chi connectivity index (χ0v) is 17.5. The summed E-state index contributed by atoms with van der Waals surface area (Å²) in [5.74, 6) is -0.966. The van der Waals surface area contributed by atoms with E-state index in [4.69, 9.17) is 9.47 Å². The van der Waals surface area contributed by atoms with Gasteiger partial charge in [0.1, 0.15) is 22.8 Å². The van der Waals surface area contributed by atoms with Crippen molar-refractivity contribution in [2.75, 3.05) is 0 Å². The van der Waals surface area contributed by atoms with Crippen molar-refractivity contribution in [3.05, 3.63) is 0 Å². The van der Waals surface area contributed by atoms with Crippen LogP contribution in [0.25, 0.3) is 0 Å². The van der Waals surface area contributed by atoms with Crippen molar-refractivity contribution in [1.29, 1.82) is 5.26 Å². The summed E-state index contributed by atoms with van der Waals surface area (Å²) in [5.41, 5.74) is -2.52. The van der Waals surface area contributed by atoms with Gasteiger partial charge < -0.3 is 9.47 Å². The molecule has 7 fully saturated rings. The maximum atomic E-state index is 13.7. The third kappa shape index (κ3) is 1.43.